The molecule has 0 aromatic heterocycles. The van der Waals surface area contributed by atoms with Gasteiger partial charge in [-0.3, -0.25) is 9.52 Å². The third-order valence-corrected chi connectivity index (χ3v) is 5.91. The molecule has 8 heteroatoms. The van der Waals surface area contributed by atoms with Crippen molar-refractivity contribution in [3.63, 3.8) is 0 Å². The predicted octanol–water partition coefficient (Wildman–Crippen LogP) is 4.50. The van der Waals surface area contributed by atoms with Gasteiger partial charge in [-0.1, -0.05) is 18.2 Å². The lowest BCUT2D eigenvalue weighted by Gasteiger charge is -2.14. The topological polar surface area (TPSA) is 84.5 Å². The molecule has 0 bridgehead atoms. The van der Waals surface area contributed by atoms with Crippen LogP contribution >= 0.6 is 0 Å². The Bertz CT molecular complexity index is 1170. The minimum absolute atomic E-state index is 0.0332. The van der Waals surface area contributed by atoms with Gasteiger partial charge >= 0.3 is 0 Å². The second kappa shape index (κ2) is 8.54. The van der Waals surface area contributed by atoms with Crippen LogP contribution in [-0.2, 0) is 10.0 Å². The number of rotatable bonds is 6. The molecule has 30 heavy (non-hydrogen) atoms. The molecule has 0 fully saturated rings. The Balaban J connectivity index is 1.79. The Labute approximate surface area is 174 Å². The zero-order valence-corrected chi connectivity index (χ0v) is 17.5. The number of hydrogen-bond acceptors (Lipinski definition) is 4. The maximum absolute atomic E-state index is 13.5. The fraction of sp³-hybridized carbons (Fsp3) is 0.136. The molecule has 2 N–H and O–H groups in total. The Morgan fingerprint density at radius 3 is 2.20 bits per heavy atom. The molecular formula is C22H21FN2O4S. The predicted molar refractivity (Wildman–Crippen MR) is 114 cm³/mol. The first-order valence-corrected chi connectivity index (χ1v) is 10.5. The van der Waals surface area contributed by atoms with Crippen LogP contribution in [0, 0.1) is 19.7 Å². The molecule has 156 valence electrons. The molecule has 0 unspecified atom stereocenters. The van der Waals surface area contributed by atoms with Gasteiger partial charge in [0.25, 0.3) is 15.9 Å². The smallest absolute Gasteiger partial charge is 0.261 e. The van der Waals surface area contributed by atoms with Crippen LogP contribution < -0.4 is 14.8 Å². The number of carbonyl (C=O) groups is 1. The van der Waals surface area contributed by atoms with Gasteiger partial charge < -0.3 is 10.1 Å². The van der Waals surface area contributed by atoms with Crippen LogP contribution in [0.3, 0.4) is 0 Å². The van der Waals surface area contributed by atoms with Gasteiger partial charge in [0, 0.05) is 5.69 Å². The summed E-state index contributed by atoms with van der Waals surface area (Å²) in [7, 11) is -2.42. The van der Waals surface area contributed by atoms with Gasteiger partial charge in [-0.05, 0) is 67.4 Å². The van der Waals surface area contributed by atoms with E-state index in [-0.39, 0.29) is 16.2 Å². The molecule has 0 atom stereocenters. The number of carbonyl (C=O) groups excluding carboxylic acids is 1. The normalized spacial score (nSPS) is 11.1. The lowest BCUT2D eigenvalue weighted by Crippen LogP contribution is -2.16. The zero-order chi connectivity index (χ0) is 21.9. The number of halogens is 1. The zero-order valence-electron chi connectivity index (χ0n) is 16.7. The average Bonchev–Trinajstić information content (AvgIpc) is 2.71. The summed E-state index contributed by atoms with van der Waals surface area (Å²) in [6.07, 6.45) is 0. The summed E-state index contributed by atoms with van der Waals surface area (Å²) in [6.45, 7) is 3.65. The third-order valence-electron chi connectivity index (χ3n) is 4.55. The van der Waals surface area contributed by atoms with Crippen molar-refractivity contribution in [2.24, 2.45) is 0 Å². The quantitative estimate of drug-likeness (QED) is 0.605. The van der Waals surface area contributed by atoms with Gasteiger partial charge in [-0.15, -0.1) is 0 Å². The molecule has 0 heterocycles. The molecule has 0 spiro atoms. The van der Waals surface area contributed by atoms with Gasteiger partial charge in [0.1, 0.15) is 11.6 Å². The van der Waals surface area contributed by atoms with Crippen molar-refractivity contribution >= 4 is 27.3 Å². The third kappa shape index (κ3) is 4.60. The number of nitrogens with one attached hydrogen (secondary N) is 2. The van der Waals surface area contributed by atoms with Gasteiger partial charge in [0.15, 0.2) is 0 Å². The molecule has 0 saturated carbocycles. The number of amides is 1. The van der Waals surface area contributed by atoms with Gasteiger partial charge in [0.05, 0.1) is 23.3 Å². The summed E-state index contributed by atoms with van der Waals surface area (Å²) in [4.78, 5) is 12.5. The fourth-order valence-corrected chi connectivity index (χ4v) is 4.15. The second-order valence-electron chi connectivity index (χ2n) is 6.70. The summed E-state index contributed by atoms with van der Waals surface area (Å²) in [5.41, 5.74) is 2.55. The number of methoxy groups -OCH3 is 1. The molecule has 3 aromatic rings. The van der Waals surface area contributed by atoms with Crippen LogP contribution in [-0.4, -0.2) is 21.4 Å². The van der Waals surface area contributed by atoms with E-state index < -0.39 is 21.7 Å². The summed E-state index contributed by atoms with van der Waals surface area (Å²) in [5, 5.41) is 2.61. The van der Waals surface area contributed by atoms with E-state index in [1.807, 2.05) is 32.0 Å². The number of hydrogen-bond donors (Lipinski definition) is 2. The summed E-state index contributed by atoms with van der Waals surface area (Å²) < 4.78 is 46.6. The highest BCUT2D eigenvalue weighted by Gasteiger charge is 2.18. The Morgan fingerprint density at radius 1 is 0.967 bits per heavy atom. The maximum atomic E-state index is 13.5. The molecule has 1 amide bonds. The van der Waals surface area contributed by atoms with Crippen molar-refractivity contribution in [3.05, 3.63) is 83.2 Å². The molecule has 3 rings (SSSR count). The minimum atomic E-state index is -3.80. The average molecular weight is 428 g/mol. The molecule has 0 aliphatic carbocycles. The van der Waals surface area contributed by atoms with E-state index in [9.17, 15) is 17.6 Å². The van der Waals surface area contributed by atoms with Crippen molar-refractivity contribution in [3.8, 4) is 5.75 Å². The van der Waals surface area contributed by atoms with E-state index in [1.54, 1.807) is 0 Å². The molecule has 0 aliphatic heterocycles. The lowest BCUT2D eigenvalue weighted by atomic mass is 10.1. The highest BCUT2D eigenvalue weighted by atomic mass is 32.2. The van der Waals surface area contributed by atoms with Crippen molar-refractivity contribution in [2.45, 2.75) is 18.7 Å². The van der Waals surface area contributed by atoms with E-state index in [0.29, 0.717) is 11.4 Å². The maximum Gasteiger partial charge on any atom is 0.261 e. The number of aryl methyl sites for hydroxylation is 2. The van der Waals surface area contributed by atoms with Gasteiger partial charge in [-0.2, -0.15) is 0 Å². The molecule has 0 radical (unpaired) electrons. The van der Waals surface area contributed by atoms with Crippen LogP contribution in [0.2, 0.25) is 0 Å². The van der Waals surface area contributed by atoms with E-state index in [0.717, 1.165) is 17.2 Å². The molecule has 6 nitrogen and oxygen atoms in total. The SMILES string of the molecule is COc1ccc(F)cc1C(=O)Nc1ccc(S(=O)(=O)Nc2c(C)cccc2C)cc1. The standard InChI is InChI=1S/C22H21FN2O4S/c1-14-5-4-6-15(2)21(14)25-30(27,28)18-10-8-17(9-11-18)24-22(26)19-13-16(23)7-12-20(19)29-3/h4-13,25H,1-3H3,(H,24,26). The molecule has 0 saturated heterocycles. The Kier molecular flexibility index (Phi) is 6.07. The van der Waals surface area contributed by atoms with Gasteiger partial charge in [0.2, 0.25) is 0 Å². The highest BCUT2D eigenvalue weighted by molar-refractivity contribution is 7.92. The number of ether oxygens (including phenoxy) is 1. The monoisotopic (exact) mass is 428 g/mol. The van der Waals surface area contributed by atoms with E-state index in [2.05, 4.69) is 10.0 Å². The van der Waals surface area contributed by atoms with Crippen LogP contribution in [0.4, 0.5) is 15.8 Å². The molecular weight excluding hydrogens is 407 g/mol. The lowest BCUT2D eigenvalue weighted by molar-refractivity contribution is 0.102. The van der Waals surface area contributed by atoms with E-state index >= 15 is 0 Å². The van der Waals surface area contributed by atoms with Crippen molar-refractivity contribution in [2.75, 3.05) is 17.1 Å². The first kappa shape index (κ1) is 21.3. The highest BCUT2D eigenvalue weighted by Crippen LogP contribution is 2.25. The van der Waals surface area contributed by atoms with E-state index in [1.165, 1.54) is 43.5 Å². The second-order valence-corrected chi connectivity index (χ2v) is 8.38. The fourth-order valence-electron chi connectivity index (χ4n) is 2.94. The van der Waals surface area contributed by atoms with Gasteiger partial charge in [-0.25, -0.2) is 12.8 Å². The van der Waals surface area contributed by atoms with Crippen LogP contribution in [0.1, 0.15) is 21.5 Å². The first-order chi connectivity index (χ1) is 14.2. The van der Waals surface area contributed by atoms with E-state index in [4.69, 9.17) is 4.74 Å². The van der Waals surface area contributed by atoms with Crippen LogP contribution in [0.5, 0.6) is 5.75 Å². The Morgan fingerprint density at radius 2 is 1.60 bits per heavy atom. The molecule has 0 aliphatic rings. The van der Waals surface area contributed by atoms with Crippen LogP contribution in [0.15, 0.2) is 65.6 Å². The largest absolute Gasteiger partial charge is 0.496 e. The van der Waals surface area contributed by atoms with Crippen molar-refractivity contribution < 1.29 is 22.3 Å². The number of benzene rings is 3. The number of anilines is 2. The van der Waals surface area contributed by atoms with Crippen LogP contribution in [0.25, 0.3) is 0 Å². The number of sulfonamides is 1. The number of para-hydroxylation sites is 1. The van der Waals surface area contributed by atoms with Crippen molar-refractivity contribution in [1.29, 1.82) is 0 Å². The minimum Gasteiger partial charge on any atom is -0.496 e. The first-order valence-electron chi connectivity index (χ1n) is 9.05. The Hall–Kier alpha value is -3.39. The molecule has 3 aromatic carbocycles. The summed E-state index contributed by atoms with van der Waals surface area (Å²) >= 11 is 0. The van der Waals surface area contributed by atoms with Crippen molar-refractivity contribution in [1.82, 2.24) is 0 Å². The summed E-state index contributed by atoms with van der Waals surface area (Å²) in [5.74, 6) is -0.915. The summed E-state index contributed by atoms with van der Waals surface area (Å²) in [6, 6.07) is 14.8.